The quantitative estimate of drug-likeness (QED) is 0.429. The molecule has 2 bridgehead atoms. The standard InChI is InChI=1S/C28H31NO4/c1-2-32-27(30)15-14-19-16-20-8-7-9-21(17-19)29(20)28(31)33-18-26-24-12-5-3-10-22(24)23-11-4-6-13-25(23)26/h3-6,10-14,20-21,26H,2,7-9,15-18H2,1H3. The van der Waals surface area contributed by atoms with Gasteiger partial charge in [-0.25, -0.2) is 4.79 Å². The van der Waals surface area contributed by atoms with Crippen LogP contribution in [0.25, 0.3) is 11.1 Å². The van der Waals surface area contributed by atoms with Crippen LogP contribution in [0.4, 0.5) is 4.79 Å². The van der Waals surface area contributed by atoms with Gasteiger partial charge in [0, 0.05) is 18.0 Å². The first-order valence-electron chi connectivity index (χ1n) is 12.1. The smallest absolute Gasteiger partial charge is 0.410 e. The van der Waals surface area contributed by atoms with Gasteiger partial charge in [-0.05, 0) is 61.3 Å². The third-order valence-corrected chi connectivity index (χ3v) is 7.27. The van der Waals surface area contributed by atoms with E-state index in [1.807, 2.05) is 17.9 Å². The molecule has 0 saturated carbocycles. The summed E-state index contributed by atoms with van der Waals surface area (Å²) in [4.78, 5) is 27.0. The molecule has 0 radical (unpaired) electrons. The molecule has 5 nitrogen and oxygen atoms in total. The molecule has 5 rings (SSSR count). The van der Waals surface area contributed by atoms with Crippen molar-refractivity contribution in [2.24, 2.45) is 0 Å². The number of benzene rings is 2. The molecule has 33 heavy (non-hydrogen) atoms. The van der Waals surface area contributed by atoms with Crippen molar-refractivity contribution >= 4 is 12.1 Å². The van der Waals surface area contributed by atoms with Crippen LogP contribution in [-0.2, 0) is 14.3 Å². The Morgan fingerprint density at radius 1 is 0.939 bits per heavy atom. The number of nitrogens with zero attached hydrogens (tertiary/aromatic N) is 1. The van der Waals surface area contributed by atoms with Gasteiger partial charge in [0.2, 0.25) is 0 Å². The molecular formula is C28H31NO4. The highest BCUT2D eigenvalue weighted by Crippen LogP contribution is 2.45. The van der Waals surface area contributed by atoms with E-state index in [0.29, 0.717) is 19.6 Å². The Hall–Kier alpha value is -3.08. The first-order chi connectivity index (χ1) is 16.2. The third kappa shape index (κ3) is 4.29. The number of carbonyl (C=O) groups excluding carboxylic acids is 2. The number of amides is 1. The number of rotatable bonds is 5. The van der Waals surface area contributed by atoms with Gasteiger partial charge in [0.25, 0.3) is 0 Å². The normalized spacial score (nSPS) is 21.2. The van der Waals surface area contributed by atoms with Crippen LogP contribution in [-0.4, -0.2) is 42.3 Å². The van der Waals surface area contributed by atoms with Crippen molar-refractivity contribution in [3.8, 4) is 11.1 Å². The van der Waals surface area contributed by atoms with E-state index in [9.17, 15) is 9.59 Å². The van der Waals surface area contributed by atoms with Crippen LogP contribution in [0.2, 0.25) is 0 Å². The van der Waals surface area contributed by atoms with Crippen molar-refractivity contribution in [1.29, 1.82) is 0 Å². The van der Waals surface area contributed by atoms with E-state index in [2.05, 4.69) is 48.5 Å². The lowest BCUT2D eigenvalue weighted by Gasteiger charge is -2.46. The number of ether oxygens (including phenoxy) is 2. The molecule has 2 aliphatic heterocycles. The van der Waals surface area contributed by atoms with Crippen LogP contribution in [0.15, 0.2) is 60.2 Å². The Kier molecular flexibility index (Phi) is 6.21. The molecular weight excluding hydrogens is 414 g/mol. The molecule has 3 aliphatic rings. The number of piperidine rings is 2. The minimum atomic E-state index is -0.198. The van der Waals surface area contributed by atoms with E-state index in [-0.39, 0.29) is 30.1 Å². The Bertz CT molecular complexity index is 1010. The van der Waals surface area contributed by atoms with E-state index in [4.69, 9.17) is 9.47 Å². The van der Waals surface area contributed by atoms with E-state index < -0.39 is 0 Å². The van der Waals surface area contributed by atoms with Crippen LogP contribution < -0.4 is 0 Å². The maximum absolute atomic E-state index is 13.3. The molecule has 2 atom stereocenters. The maximum atomic E-state index is 13.3. The predicted molar refractivity (Wildman–Crippen MR) is 127 cm³/mol. The van der Waals surface area contributed by atoms with Crippen molar-refractivity contribution in [3.63, 3.8) is 0 Å². The van der Waals surface area contributed by atoms with Gasteiger partial charge in [0.1, 0.15) is 6.61 Å². The minimum absolute atomic E-state index is 0.0750. The molecule has 2 fully saturated rings. The molecule has 2 saturated heterocycles. The van der Waals surface area contributed by atoms with Crippen molar-refractivity contribution in [1.82, 2.24) is 4.90 Å². The number of fused-ring (bicyclic) bond motifs is 5. The zero-order valence-electron chi connectivity index (χ0n) is 19.2. The molecule has 0 aromatic heterocycles. The third-order valence-electron chi connectivity index (χ3n) is 7.27. The van der Waals surface area contributed by atoms with Gasteiger partial charge in [-0.2, -0.15) is 0 Å². The van der Waals surface area contributed by atoms with Crippen LogP contribution >= 0.6 is 0 Å². The molecule has 1 aliphatic carbocycles. The monoisotopic (exact) mass is 445 g/mol. The number of hydrogen-bond donors (Lipinski definition) is 0. The highest BCUT2D eigenvalue weighted by molar-refractivity contribution is 5.79. The zero-order chi connectivity index (χ0) is 22.8. The average Bonchev–Trinajstić information content (AvgIpc) is 3.14. The maximum Gasteiger partial charge on any atom is 0.410 e. The van der Waals surface area contributed by atoms with E-state index in [0.717, 1.165) is 32.1 Å². The summed E-state index contributed by atoms with van der Waals surface area (Å²) in [5.41, 5.74) is 6.20. The van der Waals surface area contributed by atoms with Crippen LogP contribution in [0.3, 0.4) is 0 Å². The van der Waals surface area contributed by atoms with Crippen LogP contribution in [0.1, 0.15) is 62.5 Å². The Morgan fingerprint density at radius 2 is 1.55 bits per heavy atom. The van der Waals surface area contributed by atoms with Crippen molar-refractivity contribution in [2.75, 3.05) is 13.2 Å². The highest BCUT2D eigenvalue weighted by Gasteiger charge is 2.40. The van der Waals surface area contributed by atoms with Crippen LogP contribution in [0.5, 0.6) is 0 Å². The lowest BCUT2D eigenvalue weighted by Crippen LogP contribution is -2.53. The van der Waals surface area contributed by atoms with Gasteiger partial charge in [-0.1, -0.05) is 60.2 Å². The molecule has 0 spiro atoms. The van der Waals surface area contributed by atoms with Crippen molar-refractivity contribution in [2.45, 2.75) is 63.5 Å². The molecule has 2 heterocycles. The van der Waals surface area contributed by atoms with E-state index in [1.54, 1.807) is 0 Å². The summed E-state index contributed by atoms with van der Waals surface area (Å²) in [6.07, 6.45) is 6.87. The summed E-state index contributed by atoms with van der Waals surface area (Å²) in [5.74, 6) is -0.111. The summed E-state index contributed by atoms with van der Waals surface area (Å²) in [7, 11) is 0. The topological polar surface area (TPSA) is 55.8 Å². The largest absolute Gasteiger partial charge is 0.466 e. The van der Waals surface area contributed by atoms with E-state index >= 15 is 0 Å². The lowest BCUT2D eigenvalue weighted by molar-refractivity contribution is -0.142. The van der Waals surface area contributed by atoms with Gasteiger partial charge in [-0.3, -0.25) is 4.79 Å². The Balaban J connectivity index is 1.26. The first kappa shape index (κ1) is 21.7. The molecule has 2 unspecified atom stereocenters. The summed E-state index contributed by atoms with van der Waals surface area (Å²) in [6.45, 7) is 2.58. The van der Waals surface area contributed by atoms with Gasteiger partial charge < -0.3 is 14.4 Å². The molecule has 172 valence electrons. The van der Waals surface area contributed by atoms with Crippen molar-refractivity contribution in [3.05, 3.63) is 71.3 Å². The Morgan fingerprint density at radius 3 is 2.15 bits per heavy atom. The summed E-state index contributed by atoms with van der Waals surface area (Å²) >= 11 is 0. The fourth-order valence-corrected chi connectivity index (χ4v) is 5.84. The Labute approximate surface area is 195 Å². The lowest BCUT2D eigenvalue weighted by atomic mass is 9.81. The van der Waals surface area contributed by atoms with Crippen LogP contribution in [0, 0.1) is 0 Å². The SMILES string of the molecule is CCOC(=O)CC=C1CC2CCCC(C1)N2C(=O)OCC1c2ccccc2-c2ccccc21. The minimum Gasteiger partial charge on any atom is -0.466 e. The van der Waals surface area contributed by atoms with Gasteiger partial charge in [0.05, 0.1) is 13.0 Å². The van der Waals surface area contributed by atoms with Gasteiger partial charge >= 0.3 is 12.1 Å². The second kappa shape index (κ2) is 9.42. The molecule has 0 N–H and O–H groups in total. The van der Waals surface area contributed by atoms with Gasteiger partial charge in [0.15, 0.2) is 0 Å². The van der Waals surface area contributed by atoms with Gasteiger partial charge in [-0.15, -0.1) is 0 Å². The first-order valence-corrected chi connectivity index (χ1v) is 12.1. The summed E-state index contributed by atoms with van der Waals surface area (Å²) in [5, 5.41) is 0. The average molecular weight is 446 g/mol. The zero-order valence-corrected chi connectivity index (χ0v) is 19.2. The highest BCUT2D eigenvalue weighted by atomic mass is 16.6. The second-order valence-corrected chi connectivity index (χ2v) is 9.23. The molecule has 2 aromatic rings. The summed E-state index contributed by atoms with van der Waals surface area (Å²) in [6, 6.07) is 17.1. The summed E-state index contributed by atoms with van der Waals surface area (Å²) < 4.78 is 11.0. The molecule has 1 amide bonds. The fraction of sp³-hybridized carbons (Fsp3) is 0.429. The fourth-order valence-electron chi connectivity index (χ4n) is 5.84. The second-order valence-electron chi connectivity index (χ2n) is 9.23. The number of carbonyl (C=O) groups is 2. The number of hydrogen-bond acceptors (Lipinski definition) is 4. The van der Waals surface area contributed by atoms with Crippen molar-refractivity contribution < 1.29 is 19.1 Å². The number of esters is 1. The van der Waals surface area contributed by atoms with E-state index in [1.165, 1.54) is 27.8 Å². The molecule has 5 heteroatoms. The molecule has 2 aromatic carbocycles. The predicted octanol–water partition coefficient (Wildman–Crippen LogP) is 5.83.